The van der Waals surface area contributed by atoms with Gasteiger partial charge in [-0.15, -0.1) is 10.2 Å². The Kier molecular flexibility index (Phi) is 8.22. The molecule has 2 aromatic carbocycles. The van der Waals surface area contributed by atoms with Crippen molar-refractivity contribution in [3.05, 3.63) is 36.4 Å². The summed E-state index contributed by atoms with van der Waals surface area (Å²) in [4.78, 5) is 0. The van der Waals surface area contributed by atoms with E-state index in [1.54, 1.807) is 33.1 Å². The first-order valence-electron chi connectivity index (χ1n) is 10.2. The Hall–Kier alpha value is -3.38. The van der Waals surface area contributed by atoms with Crippen molar-refractivity contribution in [2.45, 2.75) is 24.9 Å². The normalized spacial score (nSPS) is 10.5. The molecule has 0 bridgehead atoms. The van der Waals surface area contributed by atoms with Gasteiger partial charge in [-0.3, -0.25) is 4.57 Å². The molecular weight excluding hydrogens is 428 g/mol. The second-order valence-corrected chi connectivity index (χ2v) is 7.65. The van der Waals surface area contributed by atoms with Crippen LogP contribution in [0, 0.1) is 11.3 Å². The lowest BCUT2D eigenvalue weighted by atomic mass is 10.1. The molecule has 0 aliphatic rings. The van der Waals surface area contributed by atoms with Crippen LogP contribution in [0.1, 0.15) is 19.8 Å². The number of ether oxygens (including phenoxy) is 4. The minimum Gasteiger partial charge on any atom is -0.494 e. The van der Waals surface area contributed by atoms with Gasteiger partial charge < -0.3 is 18.9 Å². The van der Waals surface area contributed by atoms with Crippen LogP contribution in [-0.2, 0) is 0 Å². The van der Waals surface area contributed by atoms with Crippen LogP contribution in [0.2, 0.25) is 0 Å². The van der Waals surface area contributed by atoms with E-state index in [1.165, 1.54) is 0 Å². The first-order chi connectivity index (χ1) is 15.7. The third-order valence-corrected chi connectivity index (χ3v) is 5.64. The largest absolute Gasteiger partial charge is 0.494 e. The average Bonchev–Trinajstić information content (AvgIpc) is 3.25. The van der Waals surface area contributed by atoms with Crippen molar-refractivity contribution in [1.29, 1.82) is 5.26 Å². The molecule has 0 atom stereocenters. The highest BCUT2D eigenvalue weighted by atomic mass is 32.2. The predicted octanol–water partition coefficient (Wildman–Crippen LogP) is 4.75. The zero-order chi connectivity index (χ0) is 22.9. The van der Waals surface area contributed by atoms with Crippen molar-refractivity contribution in [2.75, 3.05) is 33.7 Å². The second kappa shape index (κ2) is 11.3. The van der Waals surface area contributed by atoms with Crippen LogP contribution >= 0.6 is 11.8 Å². The number of benzene rings is 2. The van der Waals surface area contributed by atoms with Crippen LogP contribution in [0.3, 0.4) is 0 Å². The molecule has 0 amide bonds. The van der Waals surface area contributed by atoms with Gasteiger partial charge in [0.2, 0.25) is 5.75 Å². The van der Waals surface area contributed by atoms with Gasteiger partial charge in [-0.1, -0.05) is 11.8 Å². The minimum atomic E-state index is 0.504. The summed E-state index contributed by atoms with van der Waals surface area (Å²) < 4.78 is 24.0. The third kappa shape index (κ3) is 5.08. The fraction of sp³-hybridized carbons (Fsp3) is 0.348. The van der Waals surface area contributed by atoms with Crippen molar-refractivity contribution in [1.82, 2.24) is 14.8 Å². The summed E-state index contributed by atoms with van der Waals surface area (Å²) in [5.41, 5.74) is 1.66. The van der Waals surface area contributed by atoms with Crippen LogP contribution in [0.25, 0.3) is 17.1 Å². The molecule has 3 rings (SSSR count). The monoisotopic (exact) mass is 454 g/mol. The summed E-state index contributed by atoms with van der Waals surface area (Å²) in [6.45, 7) is 2.55. The van der Waals surface area contributed by atoms with Gasteiger partial charge in [-0.25, -0.2) is 0 Å². The molecule has 3 aromatic rings. The van der Waals surface area contributed by atoms with Gasteiger partial charge in [0, 0.05) is 23.4 Å². The summed E-state index contributed by atoms with van der Waals surface area (Å²) in [6, 6.07) is 13.6. The molecule has 0 aliphatic carbocycles. The van der Waals surface area contributed by atoms with Gasteiger partial charge >= 0.3 is 0 Å². The van der Waals surface area contributed by atoms with E-state index in [-0.39, 0.29) is 0 Å². The molecule has 0 radical (unpaired) electrons. The number of nitriles is 1. The lowest BCUT2D eigenvalue weighted by molar-refractivity contribution is 0.324. The summed E-state index contributed by atoms with van der Waals surface area (Å²) in [6.07, 6.45) is 1.28. The standard InChI is InChI=1S/C23H26N4O4S/c1-5-31-18-10-8-17(9-11-18)27-22(25-26-23(27)32-13-7-6-12-24)16-14-19(28-2)21(30-4)20(15-16)29-3/h8-11,14-15H,5-7,13H2,1-4H3. The summed E-state index contributed by atoms with van der Waals surface area (Å²) in [5.74, 6) is 3.77. The number of aromatic nitrogens is 3. The molecule has 0 saturated carbocycles. The van der Waals surface area contributed by atoms with Gasteiger partial charge in [-0.05, 0) is 49.7 Å². The number of hydrogen-bond donors (Lipinski definition) is 0. The average molecular weight is 455 g/mol. The van der Waals surface area contributed by atoms with E-state index in [2.05, 4.69) is 16.3 Å². The maximum Gasteiger partial charge on any atom is 0.203 e. The van der Waals surface area contributed by atoms with E-state index < -0.39 is 0 Å². The van der Waals surface area contributed by atoms with E-state index in [1.807, 2.05) is 47.9 Å². The smallest absolute Gasteiger partial charge is 0.203 e. The Morgan fingerprint density at radius 3 is 2.25 bits per heavy atom. The van der Waals surface area contributed by atoms with E-state index in [9.17, 15) is 0 Å². The lowest BCUT2D eigenvalue weighted by Gasteiger charge is -2.15. The fourth-order valence-electron chi connectivity index (χ4n) is 3.17. The van der Waals surface area contributed by atoms with Gasteiger partial charge in [-0.2, -0.15) is 5.26 Å². The van der Waals surface area contributed by atoms with E-state index >= 15 is 0 Å². The van der Waals surface area contributed by atoms with Crippen LogP contribution in [0.4, 0.5) is 0 Å². The number of methoxy groups -OCH3 is 3. The third-order valence-electron chi connectivity index (χ3n) is 4.63. The number of hydrogen-bond acceptors (Lipinski definition) is 8. The van der Waals surface area contributed by atoms with E-state index in [4.69, 9.17) is 24.2 Å². The molecule has 0 saturated heterocycles. The molecule has 0 N–H and O–H groups in total. The molecular formula is C23H26N4O4S. The molecule has 168 valence electrons. The van der Waals surface area contributed by atoms with Gasteiger partial charge in [0.1, 0.15) is 5.75 Å². The Morgan fingerprint density at radius 1 is 1.00 bits per heavy atom. The predicted molar refractivity (Wildman–Crippen MR) is 123 cm³/mol. The summed E-state index contributed by atoms with van der Waals surface area (Å²) >= 11 is 1.56. The van der Waals surface area contributed by atoms with Crippen LogP contribution in [0.15, 0.2) is 41.6 Å². The summed E-state index contributed by atoms with van der Waals surface area (Å²) in [7, 11) is 4.72. The SMILES string of the molecule is CCOc1ccc(-n2c(SCCCC#N)nnc2-c2cc(OC)c(OC)c(OC)c2)cc1. The second-order valence-electron chi connectivity index (χ2n) is 6.59. The highest BCUT2D eigenvalue weighted by Gasteiger charge is 2.21. The zero-order valence-corrected chi connectivity index (χ0v) is 19.4. The molecule has 8 nitrogen and oxygen atoms in total. The Labute approximate surface area is 192 Å². The highest BCUT2D eigenvalue weighted by Crippen LogP contribution is 2.41. The molecule has 9 heteroatoms. The van der Waals surface area contributed by atoms with Crippen molar-refractivity contribution in [3.8, 4) is 46.1 Å². The highest BCUT2D eigenvalue weighted by molar-refractivity contribution is 7.99. The minimum absolute atomic E-state index is 0.504. The Bertz CT molecular complexity index is 1050. The van der Waals surface area contributed by atoms with Crippen molar-refractivity contribution in [3.63, 3.8) is 0 Å². The molecule has 0 fully saturated rings. The number of thioether (sulfide) groups is 1. The first-order valence-corrected chi connectivity index (χ1v) is 11.1. The molecule has 0 unspecified atom stereocenters. The van der Waals surface area contributed by atoms with Crippen molar-refractivity contribution in [2.24, 2.45) is 0 Å². The fourth-order valence-corrected chi connectivity index (χ4v) is 4.06. The zero-order valence-electron chi connectivity index (χ0n) is 18.6. The van der Waals surface area contributed by atoms with Crippen molar-refractivity contribution >= 4 is 11.8 Å². The quantitative estimate of drug-likeness (QED) is 0.303. The van der Waals surface area contributed by atoms with Crippen molar-refractivity contribution < 1.29 is 18.9 Å². The number of rotatable bonds is 11. The van der Waals surface area contributed by atoms with Gasteiger partial charge in [0.15, 0.2) is 22.5 Å². The maximum atomic E-state index is 8.82. The van der Waals surface area contributed by atoms with Gasteiger partial charge in [0.05, 0.1) is 34.0 Å². The van der Waals surface area contributed by atoms with Crippen LogP contribution < -0.4 is 18.9 Å². The number of unbranched alkanes of at least 4 members (excludes halogenated alkanes) is 1. The molecule has 1 heterocycles. The number of nitrogens with zero attached hydrogens (tertiary/aromatic N) is 4. The molecule has 0 spiro atoms. The van der Waals surface area contributed by atoms with Crippen LogP contribution in [0.5, 0.6) is 23.0 Å². The molecule has 32 heavy (non-hydrogen) atoms. The van der Waals surface area contributed by atoms with E-state index in [0.717, 1.165) is 34.3 Å². The Morgan fingerprint density at radius 2 is 1.69 bits per heavy atom. The molecule has 1 aromatic heterocycles. The first kappa shape index (κ1) is 23.3. The Balaban J connectivity index is 2.10. The lowest BCUT2D eigenvalue weighted by Crippen LogP contribution is -2.02. The maximum absolute atomic E-state index is 8.82. The van der Waals surface area contributed by atoms with Gasteiger partial charge in [0.25, 0.3) is 0 Å². The van der Waals surface area contributed by atoms with Crippen LogP contribution in [-0.4, -0.2) is 48.5 Å². The topological polar surface area (TPSA) is 91.4 Å². The molecule has 0 aliphatic heterocycles. The summed E-state index contributed by atoms with van der Waals surface area (Å²) in [5, 5.41) is 18.5. The van der Waals surface area contributed by atoms with E-state index in [0.29, 0.717) is 36.1 Å².